The van der Waals surface area contributed by atoms with Gasteiger partial charge in [-0.15, -0.1) is 0 Å². The number of amidine groups is 1. The van der Waals surface area contributed by atoms with Crippen molar-refractivity contribution in [2.45, 2.75) is 24.4 Å². The number of hydrogen-bond acceptors (Lipinski definition) is 5. The number of aliphatic carboxylic acids is 1. The van der Waals surface area contributed by atoms with Crippen molar-refractivity contribution in [2.24, 2.45) is 17.6 Å². The highest BCUT2D eigenvalue weighted by atomic mass is 16.4. The second-order valence-electron chi connectivity index (χ2n) is 8.36. The molecule has 3 aliphatic heterocycles. The van der Waals surface area contributed by atoms with Crippen LogP contribution in [0.4, 0.5) is 5.69 Å². The molecule has 4 N–H and O–H groups in total. The lowest BCUT2D eigenvalue weighted by Gasteiger charge is -2.35. The monoisotopic (exact) mass is 418 g/mol. The number of rotatable bonds is 4. The van der Waals surface area contributed by atoms with Crippen LogP contribution in [0.2, 0.25) is 0 Å². The van der Waals surface area contributed by atoms with Gasteiger partial charge in [-0.3, -0.25) is 24.7 Å². The minimum atomic E-state index is -1.40. The van der Waals surface area contributed by atoms with Crippen LogP contribution in [-0.4, -0.2) is 45.7 Å². The average Bonchev–Trinajstić information content (AvgIpc) is 3.38. The Kier molecular flexibility index (Phi) is 4.23. The zero-order valence-corrected chi connectivity index (χ0v) is 16.7. The number of nitrogens with two attached hydrogens (primary N) is 1. The summed E-state index contributed by atoms with van der Waals surface area (Å²) in [5, 5.41) is 17.9. The lowest BCUT2D eigenvalue weighted by atomic mass is 9.77. The van der Waals surface area contributed by atoms with Crippen LogP contribution < -0.4 is 10.6 Å². The van der Waals surface area contributed by atoms with E-state index in [-0.39, 0.29) is 11.7 Å². The van der Waals surface area contributed by atoms with Crippen LogP contribution in [0.3, 0.4) is 0 Å². The number of nitrogen functional groups attached to an aromatic ring is 1. The number of fused-ring (bicyclic) bond motifs is 3. The first-order chi connectivity index (χ1) is 14.9. The number of carbonyl (C=O) groups excluding carboxylic acids is 2. The molecule has 0 aliphatic carbocycles. The first-order valence-corrected chi connectivity index (χ1v) is 10.3. The van der Waals surface area contributed by atoms with Crippen molar-refractivity contribution in [3.05, 3.63) is 65.7 Å². The molecule has 2 aromatic carbocycles. The minimum Gasteiger partial charge on any atom is -0.480 e. The summed E-state index contributed by atoms with van der Waals surface area (Å²) >= 11 is 0. The zero-order valence-electron chi connectivity index (χ0n) is 16.7. The fourth-order valence-corrected chi connectivity index (χ4v) is 5.73. The molecular weight excluding hydrogens is 396 g/mol. The number of amides is 2. The van der Waals surface area contributed by atoms with Crippen molar-refractivity contribution in [1.82, 2.24) is 4.90 Å². The predicted molar refractivity (Wildman–Crippen MR) is 112 cm³/mol. The van der Waals surface area contributed by atoms with Crippen LogP contribution in [-0.2, 0) is 14.4 Å². The Morgan fingerprint density at radius 1 is 1.06 bits per heavy atom. The molecule has 4 unspecified atom stereocenters. The van der Waals surface area contributed by atoms with E-state index in [4.69, 9.17) is 11.1 Å². The van der Waals surface area contributed by atoms with Gasteiger partial charge in [0.2, 0.25) is 11.8 Å². The molecule has 3 heterocycles. The number of nitrogens with zero attached hydrogens (tertiary/aromatic N) is 2. The number of benzene rings is 2. The number of nitrogens with one attached hydrogen (secondary N) is 1. The molecule has 8 nitrogen and oxygen atoms in total. The predicted octanol–water partition coefficient (Wildman–Crippen LogP) is 1.75. The largest absolute Gasteiger partial charge is 0.480 e. The molecule has 2 amide bonds. The van der Waals surface area contributed by atoms with Crippen LogP contribution in [0.5, 0.6) is 0 Å². The molecule has 3 fully saturated rings. The Morgan fingerprint density at radius 3 is 2.35 bits per heavy atom. The van der Waals surface area contributed by atoms with Gasteiger partial charge in [-0.05, 0) is 37.1 Å². The lowest BCUT2D eigenvalue weighted by Crippen LogP contribution is -2.54. The van der Waals surface area contributed by atoms with E-state index in [0.29, 0.717) is 30.6 Å². The molecule has 5 rings (SSSR count). The SMILES string of the molecule is N=C(N)c1ccc(C2C3C(=O)N(c4ccccc4)C(=O)C3C3(C(=O)O)CCCN23)cc1. The fraction of sp³-hybridized carbons (Fsp3) is 0.304. The molecule has 2 aromatic rings. The Morgan fingerprint density at radius 2 is 1.74 bits per heavy atom. The van der Waals surface area contributed by atoms with Crippen molar-refractivity contribution in [3.8, 4) is 0 Å². The Balaban J connectivity index is 1.66. The molecule has 31 heavy (non-hydrogen) atoms. The van der Waals surface area contributed by atoms with E-state index in [1.165, 1.54) is 0 Å². The molecule has 3 aliphatic rings. The maximum Gasteiger partial charge on any atom is 0.325 e. The summed E-state index contributed by atoms with van der Waals surface area (Å²) in [6.07, 6.45) is 0.970. The summed E-state index contributed by atoms with van der Waals surface area (Å²) < 4.78 is 0. The molecule has 0 aromatic heterocycles. The molecule has 4 atom stereocenters. The number of carboxylic acids is 1. The first kappa shape index (κ1) is 19.4. The molecule has 0 radical (unpaired) electrons. The third-order valence-electron chi connectivity index (χ3n) is 6.96. The Hall–Kier alpha value is -3.52. The van der Waals surface area contributed by atoms with E-state index in [1.807, 2.05) is 4.90 Å². The maximum absolute atomic E-state index is 13.6. The normalized spacial score (nSPS) is 29.8. The number of anilines is 1. The van der Waals surface area contributed by atoms with Crippen LogP contribution in [0.25, 0.3) is 0 Å². The molecule has 8 heteroatoms. The maximum atomic E-state index is 13.6. The average molecular weight is 418 g/mol. The van der Waals surface area contributed by atoms with Gasteiger partial charge >= 0.3 is 5.97 Å². The van der Waals surface area contributed by atoms with Gasteiger partial charge in [0, 0.05) is 11.6 Å². The highest BCUT2D eigenvalue weighted by Gasteiger charge is 2.73. The molecular formula is C23H22N4O4. The van der Waals surface area contributed by atoms with Crippen LogP contribution >= 0.6 is 0 Å². The lowest BCUT2D eigenvalue weighted by molar-refractivity contribution is -0.153. The second-order valence-corrected chi connectivity index (χ2v) is 8.36. The summed E-state index contributed by atoms with van der Waals surface area (Å²) in [7, 11) is 0. The van der Waals surface area contributed by atoms with E-state index >= 15 is 0 Å². The molecule has 0 bridgehead atoms. The molecule has 158 valence electrons. The summed E-state index contributed by atoms with van der Waals surface area (Å²) in [5.41, 5.74) is 5.92. The van der Waals surface area contributed by atoms with Gasteiger partial charge in [0.1, 0.15) is 11.4 Å². The smallest absolute Gasteiger partial charge is 0.325 e. The van der Waals surface area contributed by atoms with E-state index in [9.17, 15) is 19.5 Å². The fourth-order valence-electron chi connectivity index (χ4n) is 5.73. The standard InChI is InChI=1S/C23H22N4O4/c24-19(25)14-9-7-13(8-10-14)18-16-17(23(22(30)31)11-4-12-26(18)23)21(29)27(20(16)28)15-5-2-1-3-6-15/h1-3,5-10,16-18H,4,11-12H2,(H3,24,25)(H,30,31). The van der Waals surface area contributed by atoms with Crippen LogP contribution in [0.1, 0.15) is 30.0 Å². The molecule has 0 spiro atoms. The summed E-state index contributed by atoms with van der Waals surface area (Å²) in [5.74, 6) is -3.67. The quantitative estimate of drug-likeness (QED) is 0.394. The summed E-state index contributed by atoms with van der Waals surface area (Å²) in [6, 6.07) is 15.1. The molecule has 0 saturated carbocycles. The number of carboxylic acid groups (broad SMARTS) is 1. The van der Waals surface area contributed by atoms with Crippen molar-refractivity contribution in [1.29, 1.82) is 5.41 Å². The van der Waals surface area contributed by atoms with Gasteiger partial charge in [0.15, 0.2) is 0 Å². The van der Waals surface area contributed by atoms with E-state index in [1.54, 1.807) is 54.6 Å². The number of para-hydroxylation sites is 1. The van der Waals surface area contributed by atoms with Crippen molar-refractivity contribution in [3.63, 3.8) is 0 Å². The van der Waals surface area contributed by atoms with Gasteiger partial charge in [-0.2, -0.15) is 0 Å². The highest BCUT2D eigenvalue weighted by Crippen LogP contribution is 2.59. The van der Waals surface area contributed by atoms with Gasteiger partial charge < -0.3 is 10.8 Å². The van der Waals surface area contributed by atoms with Gasteiger partial charge in [-0.25, -0.2) is 4.90 Å². The number of hydrogen-bond donors (Lipinski definition) is 3. The molecule has 3 saturated heterocycles. The highest BCUT2D eigenvalue weighted by molar-refractivity contribution is 6.24. The first-order valence-electron chi connectivity index (χ1n) is 10.3. The van der Waals surface area contributed by atoms with E-state index < -0.39 is 35.3 Å². The zero-order chi connectivity index (χ0) is 21.9. The van der Waals surface area contributed by atoms with Crippen LogP contribution in [0.15, 0.2) is 54.6 Å². The second kappa shape index (κ2) is 6.75. The van der Waals surface area contributed by atoms with Crippen LogP contribution in [0, 0.1) is 17.2 Å². The summed E-state index contributed by atoms with van der Waals surface area (Å²) in [4.78, 5) is 42.7. The summed E-state index contributed by atoms with van der Waals surface area (Å²) in [6.45, 7) is 0.504. The van der Waals surface area contributed by atoms with Gasteiger partial charge in [0.25, 0.3) is 0 Å². The Bertz CT molecular complexity index is 1100. The third kappa shape index (κ3) is 2.51. The Labute approximate surface area is 178 Å². The third-order valence-corrected chi connectivity index (χ3v) is 6.96. The number of carbonyl (C=O) groups is 3. The van der Waals surface area contributed by atoms with Crippen molar-refractivity contribution in [2.75, 3.05) is 11.4 Å². The van der Waals surface area contributed by atoms with Crippen molar-refractivity contribution >= 4 is 29.3 Å². The van der Waals surface area contributed by atoms with Crippen molar-refractivity contribution < 1.29 is 19.5 Å². The topological polar surface area (TPSA) is 128 Å². The van der Waals surface area contributed by atoms with E-state index in [2.05, 4.69) is 0 Å². The minimum absolute atomic E-state index is 0.0701. The number of imide groups is 1. The van der Waals surface area contributed by atoms with Gasteiger partial charge in [-0.1, -0.05) is 42.5 Å². The van der Waals surface area contributed by atoms with E-state index in [0.717, 1.165) is 10.5 Å². The van der Waals surface area contributed by atoms with Gasteiger partial charge in [0.05, 0.1) is 17.5 Å².